The van der Waals surface area contributed by atoms with Crippen molar-refractivity contribution in [3.8, 4) is 0 Å². The molecule has 0 aromatic carbocycles. The maximum absolute atomic E-state index is 12.7. The Morgan fingerprint density at radius 3 is 2.71 bits per heavy atom. The third kappa shape index (κ3) is 7.49. The second-order valence-corrected chi connectivity index (χ2v) is 5.78. The second kappa shape index (κ2) is 9.30. The van der Waals surface area contributed by atoms with Gasteiger partial charge in [-0.1, -0.05) is 6.07 Å². The Hall–Kier alpha value is -2.04. The van der Waals surface area contributed by atoms with Crippen LogP contribution in [0.1, 0.15) is 12.8 Å². The molecule has 134 valence electrons. The summed E-state index contributed by atoms with van der Waals surface area (Å²) in [6.07, 6.45) is -2.96. The van der Waals surface area contributed by atoms with Crippen molar-refractivity contribution in [2.45, 2.75) is 30.2 Å². The number of thioether (sulfide) groups is 1. The molecular formula is C13H17F4N5OS. The van der Waals surface area contributed by atoms with Gasteiger partial charge < -0.3 is 16.8 Å². The molecule has 0 aliphatic heterocycles. The summed E-state index contributed by atoms with van der Waals surface area (Å²) in [5.41, 5.74) is 10.4. The topological polar surface area (TPSA) is 106 Å². The van der Waals surface area contributed by atoms with Crippen LogP contribution in [0.5, 0.6) is 0 Å². The number of hydrogen-bond donors (Lipinski definition) is 3. The minimum Gasteiger partial charge on any atom is -0.370 e. The average Bonchev–Trinajstić information content (AvgIpc) is 2.50. The van der Waals surface area contributed by atoms with Crippen molar-refractivity contribution in [1.29, 1.82) is 0 Å². The molecule has 1 aromatic heterocycles. The van der Waals surface area contributed by atoms with Gasteiger partial charge in [0.05, 0.1) is 5.03 Å². The van der Waals surface area contributed by atoms with Gasteiger partial charge in [0.25, 0.3) is 0 Å². The van der Waals surface area contributed by atoms with E-state index in [1.807, 2.05) is 0 Å². The molecule has 1 rings (SSSR count). The highest BCUT2D eigenvalue weighted by Gasteiger charge is 2.40. The number of guanidine groups is 1. The van der Waals surface area contributed by atoms with E-state index < -0.39 is 24.9 Å². The zero-order chi connectivity index (χ0) is 18.2. The van der Waals surface area contributed by atoms with Gasteiger partial charge in [-0.15, -0.1) is 11.8 Å². The van der Waals surface area contributed by atoms with Gasteiger partial charge in [-0.05, 0) is 24.3 Å². The van der Waals surface area contributed by atoms with E-state index in [2.05, 4.69) is 15.3 Å². The summed E-state index contributed by atoms with van der Waals surface area (Å²) in [4.78, 5) is 18.0. The number of rotatable bonds is 9. The Morgan fingerprint density at radius 2 is 2.08 bits per heavy atom. The number of carbonyl (C=O) groups excluding carboxylic acids is 1. The first kappa shape index (κ1) is 20.0. The number of nitrogens with one attached hydrogen (secondary N) is 1. The van der Waals surface area contributed by atoms with Crippen LogP contribution in [-0.2, 0) is 4.79 Å². The molecule has 0 bridgehead atoms. The number of alkyl halides is 4. The van der Waals surface area contributed by atoms with Crippen molar-refractivity contribution >= 4 is 29.4 Å². The Balaban J connectivity index is 2.55. The number of carbonyl (C=O) groups is 1. The standard InChI is InChI=1S/C13H17F4N5OS/c14-11(15)13(16,17)7-20-12(19)22-9-4-1-5-10(21-9)24-6-2-3-8(18)23/h1,4-5,11H,2-3,6-7H2,(H2,18,23)(H3,19,20,21,22). The molecule has 11 heteroatoms. The largest absolute Gasteiger partial charge is 0.370 e. The molecule has 5 N–H and O–H groups in total. The molecule has 1 amide bonds. The summed E-state index contributed by atoms with van der Waals surface area (Å²) in [7, 11) is 0. The number of aromatic nitrogens is 1. The first-order chi connectivity index (χ1) is 11.2. The van der Waals surface area contributed by atoms with E-state index in [0.717, 1.165) is 0 Å². The number of amides is 1. The molecular weight excluding hydrogens is 350 g/mol. The summed E-state index contributed by atoms with van der Waals surface area (Å²) in [5.74, 6) is -4.22. The van der Waals surface area contributed by atoms with Crippen molar-refractivity contribution in [3.05, 3.63) is 18.2 Å². The van der Waals surface area contributed by atoms with E-state index >= 15 is 0 Å². The fraction of sp³-hybridized carbons (Fsp3) is 0.462. The number of halogens is 4. The number of aliphatic imine (C=N–C) groups is 1. The first-order valence-corrected chi connectivity index (χ1v) is 7.80. The quantitative estimate of drug-likeness (QED) is 0.204. The van der Waals surface area contributed by atoms with Crippen LogP contribution in [0.15, 0.2) is 28.2 Å². The van der Waals surface area contributed by atoms with Crippen molar-refractivity contribution < 1.29 is 22.4 Å². The summed E-state index contributed by atoms with van der Waals surface area (Å²) >= 11 is 1.37. The molecule has 0 aliphatic carbocycles. The number of hydrogen-bond acceptors (Lipinski definition) is 4. The van der Waals surface area contributed by atoms with Gasteiger partial charge in [-0.2, -0.15) is 8.78 Å². The lowest BCUT2D eigenvalue weighted by Gasteiger charge is -2.13. The van der Waals surface area contributed by atoms with Crippen molar-refractivity contribution in [1.82, 2.24) is 4.98 Å². The van der Waals surface area contributed by atoms with Crippen LogP contribution in [-0.4, -0.2) is 41.5 Å². The van der Waals surface area contributed by atoms with Gasteiger partial charge in [0.1, 0.15) is 12.4 Å². The maximum atomic E-state index is 12.7. The van der Waals surface area contributed by atoms with Crippen LogP contribution in [0, 0.1) is 0 Å². The summed E-state index contributed by atoms with van der Waals surface area (Å²) in [5, 5.41) is 3.06. The van der Waals surface area contributed by atoms with Gasteiger partial charge in [-0.3, -0.25) is 4.79 Å². The Kier molecular flexibility index (Phi) is 7.75. The number of pyridine rings is 1. The van der Waals surface area contributed by atoms with Crippen LogP contribution in [0.4, 0.5) is 23.4 Å². The third-order valence-corrected chi connectivity index (χ3v) is 3.59. The zero-order valence-corrected chi connectivity index (χ0v) is 13.3. The van der Waals surface area contributed by atoms with E-state index in [4.69, 9.17) is 11.5 Å². The minimum absolute atomic E-state index is 0.233. The number of anilines is 1. The van der Waals surface area contributed by atoms with Crippen molar-refractivity contribution in [2.75, 3.05) is 17.6 Å². The van der Waals surface area contributed by atoms with Crippen LogP contribution in [0.3, 0.4) is 0 Å². The van der Waals surface area contributed by atoms with E-state index in [9.17, 15) is 22.4 Å². The normalized spacial score (nSPS) is 12.5. The van der Waals surface area contributed by atoms with Crippen LogP contribution < -0.4 is 16.8 Å². The van der Waals surface area contributed by atoms with E-state index in [1.54, 1.807) is 12.1 Å². The molecule has 1 heterocycles. The minimum atomic E-state index is -4.24. The van der Waals surface area contributed by atoms with Gasteiger partial charge in [-0.25, -0.2) is 18.8 Å². The van der Waals surface area contributed by atoms with Gasteiger partial charge in [0.2, 0.25) is 5.91 Å². The fourth-order valence-corrected chi connectivity index (χ4v) is 2.25. The molecule has 6 nitrogen and oxygen atoms in total. The molecule has 24 heavy (non-hydrogen) atoms. The first-order valence-electron chi connectivity index (χ1n) is 6.82. The highest BCUT2D eigenvalue weighted by atomic mass is 32.2. The molecule has 0 radical (unpaired) electrons. The highest BCUT2D eigenvalue weighted by Crippen LogP contribution is 2.23. The third-order valence-electron chi connectivity index (χ3n) is 2.58. The lowest BCUT2D eigenvalue weighted by atomic mass is 10.3. The van der Waals surface area contributed by atoms with Crippen LogP contribution >= 0.6 is 11.8 Å². The SMILES string of the molecule is NC(=O)CCCSc1cccc(NC(N)=NCC(F)(F)C(F)F)n1. The van der Waals surface area contributed by atoms with Gasteiger partial charge in [0.15, 0.2) is 5.96 Å². The molecule has 1 aromatic rings. The molecule has 0 atom stereocenters. The molecule has 0 saturated heterocycles. The molecule has 0 saturated carbocycles. The van der Waals surface area contributed by atoms with Crippen LogP contribution in [0.2, 0.25) is 0 Å². The summed E-state index contributed by atoms with van der Waals surface area (Å²) < 4.78 is 49.5. The van der Waals surface area contributed by atoms with Crippen LogP contribution in [0.25, 0.3) is 0 Å². The maximum Gasteiger partial charge on any atom is 0.326 e. The Labute approximate surface area is 140 Å². The van der Waals surface area contributed by atoms with Crippen molar-refractivity contribution in [2.24, 2.45) is 16.5 Å². The average molecular weight is 367 g/mol. The van der Waals surface area contributed by atoms with Gasteiger partial charge in [0, 0.05) is 6.42 Å². The number of nitrogens with two attached hydrogens (primary N) is 2. The van der Waals surface area contributed by atoms with E-state index in [0.29, 0.717) is 17.2 Å². The van der Waals surface area contributed by atoms with Crippen molar-refractivity contribution in [3.63, 3.8) is 0 Å². The fourth-order valence-electron chi connectivity index (χ4n) is 1.42. The summed E-state index contributed by atoms with van der Waals surface area (Å²) in [6, 6.07) is 4.87. The number of primary amides is 1. The summed E-state index contributed by atoms with van der Waals surface area (Å²) in [6.45, 7) is -1.43. The molecule has 0 spiro atoms. The molecule has 0 unspecified atom stereocenters. The predicted octanol–water partition coefficient (Wildman–Crippen LogP) is 2.07. The molecule has 0 fully saturated rings. The van der Waals surface area contributed by atoms with Gasteiger partial charge >= 0.3 is 12.3 Å². The lowest BCUT2D eigenvalue weighted by Crippen LogP contribution is -2.33. The lowest BCUT2D eigenvalue weighted by molar-refractivity contribution is -0.119. The number of nitrogens with zero attached hydrogens (tertiary/aromatic N) is 2. The monoisotopic (exact) mass is 367 g/mol. The zero-order valence-electron chi connectivity index (χ0n) is 12.5. The Bertz CT molecular complexity index is 585. The Morgan fingerprint density at radius 1 is 1.38 bits per heavy atom. The highest BCUT2D eigenvalue weighted by molar-refractivity contribution is 7.99. The smallest absolute Gasteiger partial charge is 0.326 e. The predicted molar refractivity (Wildman–Crippen MR) is 84.5 cm³/mol. The van der Waals surface area contributed by atoms with E-state index in [1.165, 1.54) is 17.8 Å². The molecule has 0 aliphatic rings. The second-order valence-electron chi connectivity index (χ2n) is 4.67. The van der Waals surface area contributed by atoms with E-state index in [-0.39, 0.29) is 18.1 Å².